The van der Waals surface area contributed by atoms with Crippen LogP contribution < -0.4 is 0 Å². The van der Waals surface area contributed by atoms with E-state index in [9.17, 15) is 8.42 Å². The largest absolute Gasteiger partial charge is 0.294 e. The second kappa shape index (κ2) is 7.51. The molecule has 0 saturated carbocycles. The maximum atomic E-state index is 12.4. The SMILES string of the molecule is CC(C)N(CCS(=O)(=O)c1ccccc1)Cc1ccccn1. The maximum absolute atomic E-state index is 12.4. The molecule has 5 heteroatoms. The van der Waals surface area contributed by atoms with E-state index in [-0.39, 0.29) is 11.8 Å². The van der Waals surface area contributed by atoms with E-state index < -0.39 is 9.84 Å². The minimum atomic E-state index is -3.24. The predicted octanol–water partition coefficient (Wildman–Crippen LogP) is 2.77. The van der Waals surface area contributed by atoms with Crippen molar-refractivity contribution in [1.29, 1.82) is 0 Å². The van der Waals surface area contributed by atoms with Gasteiger partial charge in [-0.2, -0.15) is 0 Å². The van der Waals surface area contributed by atoms with Crippen molar-refractivity contribution >= 4 is 9.84 Å². The average Bonchev–Trinajstić information content (AvgIpc) is 2.53. The molecule has 0 N–H and O–H groups in total. The Morgan fingerprint density at radius 3 is 2.32 bits per heavy atom. The number of nitrogens with zero attached hydrogens (tertiary/aromatic N) is 2. The molecule has 1 aromatic heterocycles. The van der Waals surface area contributed by atoms with E-state index in [0.29, 0.717) is 18.0 Å². The maximum Gasteiger partial charge on any atom is 0.179 e. The van der Waals surface area contributed by atoms with Crippen LogP contribution in [-0.4, -0.2) is 36.6 Å². The third kappa shape index (κ3) is 4.64. The van der Waals surface area contributed by atoms with Crippen LogP contribution in [0.2, 0.25) is 0 Å². The molecule has 0 spiro atoms. The summed E-state index contributed by atoms with van der Waals surface area (Å²) in [6, 6.07) is 14.7. The predicted molar refractivity (Wildman–Crippen MR) is 88.3 cm³/mol. The van der Waals surface area contributed by atoms with Gasteiger partial charge >= 0.3 is 0 Å². The van der Waals surface area contributed by atoms with Crippen molar-refractivity contribution in [2.45, 2.75) is 31.3 Å². The summed E-state index contributed by atoms with van der Waals surface area (Å²) in [5.41, 5.74) is 0.952. The van der Waals surface area contributed by atoms with Gasteiger partial charge in [-0.3, -0.25) is 9.88 Å². The molecule has 0 atom stereocenters. The lowest BCUT2D eigenvalue weighted by atomic mass is 10.2. The number of hydrogen-bond donors (Lipinski definition) is 0. The lowest BCUT2D eigenvalue weighted by Gasteiger charge is -2.25. The van der Waals surface area contributed by atoms with Gasteiger partial charge in [0, 0.05) is 25.3 Å². The number of benzene rings is 1. The molecule has 0 saturated heterocycles. The summed E-state index contributed by atoms with van der Waals surface area (Å²) in [5, 5.41) is 0. The van der Waals surface area contributed by atoms with Crippen LogP contribution in [0.5, 0.6) is 0 Å². The molecule has 1 heterocycles. The highest BCUT2D eigenvalue weighted by Crippen LogP contribution is 2.12. The van der Waals surface area contributed by atoms with Crippen LogP contribution in [0.15, 0.2) is 59.6 Å². The first-order valence-corrected chi connectivity index (χ1v) is 9.06. The summed E-state index contributed by atoms with van der Waals surface area (Å²) in [4.78, 5) is 6.83. The fourth-order valence-corrected chi connectivity index (χ4v) is 3.49. The number of sulfone groups is 1. The molecule has 0 aliphatic rings. The van der Waals surface area contributed by atoms with E-state index in [0.717, 1.165) is 5.69 Å². The van der Waals surface area contributed by atoms with Gasteiger partial charge in [-0.05, 0) is 38.1 Å². The highest BCUT2D eigenvalue weighted by atomic mass is 32.2. The fraction of sp³-hybridized carbons (Fsp3) is 0.353. The molecule has 0 unspecified atom stereocenters. The molecule has 0 aliphatic carbocycles. The zero-order valence-electron chi connectivity index (χ0n) is 13.0. The first-order chi connectivity index (χ1) is 10.5. The second-order valence-corrected chi connectivity index (χ2v) is 7.63. The minimum absolute atomic E-state index is 0.113. The van der Waals surface area contributed by atoms with Gasteiger partial charge in [0.05, 0.1) is 16.3 Å². The first kappa shape index (κ1) is 16.6. The Balaban J connectivity index is 2.03. The highest BCUT2D eigenvalue weighted by Gasteiger charge is 2.18. The van der Waals surface area contributed by atoms with E-state index in [1.807, 2.05) is 24.3 Å². The van der Waals surface area contributed by atoms with Crippen LogP contribution in [-0.2, 0) is 16.4 Å². The standard InChI is InChI=1S/C17H22N2O2S/c1-15(2)19(14-16-8-6-7-11-18-16)12-13-22(20,21)17-9-4-3-5-10-17/h3-11,15H,12-14H2,1-2H3. The van der Waals surface area contributed by atoms with Crippen molar-refractivity contribution in [3.8, 4) is 0 Å². The van der Waals surface area contributed by atoms with Crippen molar-refractivity contribution in [2.24, 2.45) is 0 Å². The molecule has 0 aliphatic heterocycles. The van der Waals surface area contributed by atoms with Gasteiger partial charge < -0.3 is 0 Å². The molecular formula is C17H22N2O2S. The van der Waals surface area contributed by atoms with E-state index in [1.165, 1.54) is 0 Å². The van der Waals surface area contributed by atoms with E-state index in [4.69, 9.17) is 0 Å². The normalized spacial score (nSPS) is 12.0. The Bertz CT molecular complexity index is 670. The first-order valence-electron chi connectivity index (χ1n) is 7.41. The Labute approximate surface area is 132 Å². The Morgan fingerprint density at radius 2 is 1.73 bits per heavy atom. The lowest BCUT2D eigenvalue weighted by molar-refractivity contribution is 0.223. The third-order valence-corrected chi connectivity index (χ3v) is 5.28. The van der Waals surface area contributed by atoms with Crippen molar-refractivity contribution in [3.63, 3.8) is 0 Å². The van der Waals surface area contributed by atoms with Crippen LogP contribution in [0.1, 0.15) is 19.5 Å². The second-order valence-electron chi connectivity index (χ2n) is 5.52. The molecule has 118 valence electrons. The van der Waals surface area contributed by atoms with Gasteiger partial charge in [0.25, 0.3) is 0 Å². The van der Waals surface area contributed by atoms with Gasteiger partial charge in [0.1, 0.15) is 0 Å². The Kier molecular flexibility index (Phi) is 5.69. The molecular weight excluding hydrogens is 296 g/mol. The smallest absolute Gasteiger partial charge is 0.179 e. The summed E-state index contributed by atoms with van der Waals surface area (Å²) in [6.45, 7) is 5.28. The van der Waals surface area contributed by atoms with Gasteiger partial charge in [-0.15, -0.1) is 0 Å². The van der Waals surface area contributed by atoms with Crippen molar-refractivity contribution < 1.29 is 8.42 Å². The van der Waals surface area contributed by atoms with Gasteiger partial charge in [-0.1, -0.05) is 24.3 Å². The van der Waals surface area contributed by atoms with Crippen LogP contribution in [0.3, 0.4) is 0 Å². The monoisotopic (exact) mass is 318 g/mol. The molecule has 2 aromatic rings. The van der Waals surface area contributed by atoms with Crippen LogP contribution in [0.4, 0.5) is 0 Å². The van der Waals surface area contributed by atoms with Crippen LogP contribution in [0, 0.1) is 0 Å². The summed E-state index contributed by atoms with van der Waals surface area (Å²) in [7, 11) is -3.24. The summed E-state index contributed by atoms with van der Waals surface area (Å²) in [6.07, 6.45) is 1.76. The van der Waals surface area contributed by atoms with Gasteiger partial charge in [-0.25, -0.2) is 8.42 Å². The molecule has 0 amide bonds. The van der Waals surface area contributed by atoms with Crippen molar-refractivity contribution in [3.05, 3.63) is 60.4 Å². The number of aromatic nitrogens is 1. The molecule has 22 heavy (non-hydrogen) atoms. The highest BCUT2D eigenvalue weighted by molar-refractivity contribution is 7.91. The van der Waals surface area contributed by atoms with Crippen molar-refractivity contribution in [1.82, 2.24) is 9.88 Å². The van der Waals surface area contributed by atoms with E-state index in [1.54, 1.807) is 30.5 Å². The Hall–Kier alpha value is -1.72. The van der Waals surface area contributed by atoms with E-state index in [2.05, 4.69) is 23.7 Å². The minimum Gasteiger partial charge on any atom is -0.294 e. The van der Waals surface area contributed by atoms with E-state index >= 15 is 0 Å². The van der Waals surface area contributed by atoms with Gasteiger partial charge in [0.2, 0.25) is 0 Å². The average molecular weight is 318 g/mol. The van der Waals surface area contributed by atoms with Gasteiger partial charge in [0.15, 0.2) is 9.84 Å². The summed E-state index contributed by atoms with van der Waals surface area (Å²) < 4.78 is 24.7. The number of hydrogen-bond acceptors (Lipinski definition) is 4. The molecule has 0 fully saturated rings. The van der Waals surface area contributed by atoms with Crippen LogP contribution in [0.25, 0.3) is 0 Å². The topological polar surface area (TPSA) is 50.3 Å². The summed E-state index contributed by atoms with van der Waals surface area (Å²) >= 11 is 0. The zero-order chi connectivity index (χ0) is 16.0. The molecule has 1 aromatic carbocycles. The fourth-order valence-electron chi connectivity index (χ4n) is 2.20. The van der Waals surface area contributed by atoms with Crippen molar-refractivity contribution in [2.75, 3.05) is 12.3 Å². The Morgan fingerprint density at radius 1 is 1.05 bits per heavy atom. The number of pyridine rings is 1. The lowest BCUT2D eigenvalue weighted by Crippen LogP contribution is -2.35. The molecule has 0 radical (unpaired) electrons. The summed E-state index contributed by atoms with van der Waals surface area (Å²) in [5.74, 6) is 0.113. The molecule has 0 bridgehead atoms. The molecule has 4 nitrogen and oxygen atoms in total. The third-order valence-electron chi connectivity index (χ3n) is 3.57. The number of rotatable bonds is 7. The molecule has 2 rings (SSSR count). The zero-order valence-corrected chi connectivity index (χ0v) is 13.8. The quantitative estimate of drug-likeness (QED) is 0.788. The van der Waals surface area contributed by atoms with Crippen LogP contribution >= 0.6 is 0 Å².